The van der Waals surface area contributed by atoms with Crippen LogP contribution in [0.2, 0.25) is 0 Å². The highest BCUT2D eigenvalue weighted by Crippen LogP contribution is 2.42. The smallest absolute Gasteiger partial charge is 0.00148 e. The van der Waals surface area contributed by atoms with E-state index in [1.165, 1.54) is 43.4 Å². The third-order valence-corrected chi connectivity index (χ3v) is 5.17. The summed E-state index contributed by atoms with van der Waals surface area (Å²) < 4.78 is 0. The highest BCUT2D eigenvalue weighted by molar-refractivity contribution is 5.34. The van der Waals surface area contributed by atoms with Gasteiger partial charge in [-0.25, -0.2) is 0 Å². The molecule has 2 rings (SSSR count). The number of hydrogen-bond donors (Lipinski definition) is 1. The Labute approximate surface area is 125 Å². The van der Waals surface area contributed by atoms with Crippen molar-refractivity contribution in [1.82, 2.24) is 5.32 Å². The van der Waals surface area contributed by atoms with E-state index in [2.05, 4.69) is 51.2 Å². The van der Waals surface area contributed by atoms with Crippen molar-refractivity contribution in [2.75, 3.05) is 13.1 Å². The van der Waals surface area contributed by atoms with Crippen LogP contribution < -0.4 is 5.32 Å². The molecule has 1 nitrogen and oxygen atoms in total. The summed E-state index contributed by atoms with van der Waals surface area (Å²) in [6.45, 7) is 11.4. The molecule has 1 saturated carbocycles. The van der Waals surface area contributed by atoms with Crippen LogP contribution >= 0.6 is 0 Å². The molecule has 0 bridgehead atoms. The van der Waals surface area contributed by atoms with E-state index in [9.17, 15) is 0 Å². The van der Waals surface area contributed by atoms with Crippen LogP contribution in [-0.4, -0.2) is 13.1 Å². The Kier molecular flexibility index (Phi) is 5.65. The van der Waals surface area contributed by atoms with Crippen LogP contribution in [-0.2, 0) is 0 Å². The fraction of sp³-hybridized carbons (Fsp3) is 0.684. The Morgan fingerprint density at radius 1 is 1.15 bits per heavy atom. The van der Waals surface area contributed by atoms with Gasteiger partial charge in [-0.2, -0.15) is 0 Å². The Balaban J connectivity index is 2.23. The summed E-state index contributed by atoms with van der Waals surface area (Å²) in [5.74, 6) is 2.50. The van der Waals surface area contributed by atoms with Crippen molar-refractivity contribution < 1.29 is 0 Å². The zero-order valence-corrected chi connectivity index (χ0v) is 13.7. The van der Waals surface area contributed by atoms with Gasteiger partial charge in [-0.3, -0.25) is 0 Å². The van der Waals surface area contributed by atoms with Crippen LogP contribution in [0.5, 0.6) is 0 Å². The van der Waals surface area contributed by atoms with Gasteiger partial charge in [-0.1, -0.05) is 50.5 Å². The van der Waals surface area contributed by atoms with Crippen molar-refractivity contribution in [3.8, 4) is 0 Å². The molecule has 1 aromatic carbocycles. The number of aryl methyl sites for hydroxylation is 2. The molecular weight excluding hydrogens is 242 g/mol. The molecule has 3 atom stereocenters. The zero-order valence-electron chi connectivity index (χ0n) is 13.7. The summed E-state index contributed by atoms with van der Waals surface area (Å²) in [4.78, 5) is 0. The quantitative estimate of drug-likeness (QED) is 0.811. The second kappa shape index (κ2) is 7.26. The summed E-state index contributed by atoms with van der Waals surface area (Å²) in [6, 6.07) is 7.00. The van der Waals surface area contributed by atoms with Gasteiger partial charge in [0.25, 0.3) is 0 Å². The predicted octanol–water partition coefficient (Wildman–Crippen LogP) is 4.82. The van der Waals surface area contributed by atoms with Crippen molar-refractivity contribution in [2.24, 2.45) is 11.8 Å². The fourth-order valence-corrected chi connectivity index (χ4v) is 3.81. The van der Waals surface area contributed by atoms with Crippen molar-refractivity contribution in [3.63, 3.8) is 0 Å². The third kappa shape index (κ3) is 3.63. The molecule has 3 unspecified atom stereocenters. The fourth-order valence-electron chi connectivity index (χ4n) is 3.81. The van der Waals surface area contributed by atoms with E-state index in [0.717, 1.165) is 24.3 Å². The van der Waals surface area contributed by atoms with E-state index in [0.29, 0.717) is 0 Å². The third-order valence-electron chi connectivity index (χ3n) is 5.17. The Hall–Kier alpha value is -0.820. The normalized spacial score (nSPS) is 26.7. The lowest BCUT2D eigenvalue weighted by Gasteiger charge is -2.37. The molecule has 1 aliphatic rings. The van der Waals surface area contributed by atoms with Gasteiger partial charge >= 0.3 is 0 Å². The summed E-state index contributed by atoms with van der Waals surface area (Å²) in [5, 5.41) is 3.58. The number of benzene rings is 1. The highest BCUT2D eigenvalue weighted by Gasteiger charge is 2.31. The van der Waals surface area contributed by atoms with E-state index < -0.39 is 0 Å². The van der Waals surface area contributed by atoms with E-state index in [4.69, 9.17) is 0 Å². The van der Waals surface area contributed by atoms with Crippen molar-refractivity contribution in [1.29, 1.82) is 0 Å². The molecule has 1 heteroatoms. The number of rotatable bonds is 5. The molecule has 20 heavy (non-hydrogen) atoms. The van der Waals surface area contributed by atoms with E-state index in [1.54, 1.807) is 5.56 Å². The number of nitrogens with one attached hydrogen (secondary N) is 1. The van der Waals surface area contributed by atoms with Gasteiger partial charge in [0.1, 0.15) is 0 Å². The van der Waals surface area contributed by atoms with Gasteiger partial charge in [0, 0.05) is 0 Å². The maximum absolute atomic E-state index is 3.58. The zero-order chi connectivity index (χ0) is 14.5. The van der Waals surface area contributed by atoms with Crippen LogP contribution in [0.4, 0.5) is 0 Å². The Bertz CT molecular complexity index is 424. The predicted molar refractivity (Wildman–Crippen MR) is 88.3 cm³/mol. The van der Waals surface area contributed by atoms with E-state index in [-0.39, 0.29) is 0 Å². The van der Waals surface area contributed by atoms with Gasteiger partial charge in [0.15, 0.2) is 0 Å². The van der Waals surface area contributed by atoms with Gasteiger partial charge in [-0.15, -0.1) is 0 Å². The second-order valence-corrected chi connectivity index (χ2v) is 6.62. The molecule has 0 saturated heterocycles. The summed E-state index contributed by atoms with van der Waals surface area (Å²) in [6.07, 6.45) is 5.55. The monoisotopic (exact) mass is 273 g/mol. The first kappa shape index (κ1) is 15.6. The Morgan fingerprint density at radius 2 is 1.95 bits per heavy atom. The molecule has 0 aromatic heterocycles. The van der Waals surface area contributed by atoms with Gasteiger partial charge in [0.05, 0.1) is 0 Å². The second-order valence-electron chi connectivity index (χ2n) is 6.62. The largest absolute Gasteiger partial charge is 0.317 e. The minimum Gasteiger partial charge on any atom is -0.317 e. The summed E-state index contributed by atoms with van der Waals surface area (Å²) in [7, 11) is 0. The molecule has 0 heterocycles. The molecule has 0 amide bonds. The van der Waals surface area contributed by atoms with E-state index >= 15 is 0 Å². The van der Waals surface area contributed by atoms with Crippen LogP contribution in [0.25, 0.3) is 0 Å². The number of hydrogen-bond acceptors (Lipinski definition) is 1. The summed E-state index contributed by atoms with van der Waals surface area (Å²) in [5.41, 5.74) is 4.51. The summed E-state index contributed by atoms with van der Waals surface area (Å²) >= 11 is 0. The molecule has 1 aromatic rings. The minimum atomic E-state index is 0.757. The van der Waals surface area contributed by atoms with Gasteiger partial charge < -0.3 is 5.32 Å². The average molecular weight is 273 g/mol. The van der Waals surface area contributed by atoms with Crippen molar-refractivity contribution >= 4 is 0 Å². The first-order chi connectivity index (χ1) is 9.65. The van der Waals surface area contributed by atoms with Crippen LogP contribution in [0.15, 0.2) is 18.2 Å². The lowest BCUT2D eigenvalue weighted by molar-refractivity contribution is 0.226. The van der Waals surface area contributed by atoms with Gasteiger partial charge in [0.2, 0.25) is 0 Å². The lowest BCUT2D eigenvalue weighted by atomic mass is 9.69. The van der Waals surface area contributed by atoms with E-state index in [1.807, 2.05) is 0 Å². The molecule has 1 fully saturated rings. The molecule has 112 valence electrons. The maximum Gasteiger partial charge on any atom is -0.00148 e. The topological polar surface area (TPSA) is 12.0 Å². The van der Waals surface area contributed by atoms with Crippen molar-refractivity contribution in [2.45, 2.75) is 59.3 Å². The van der Waals surface area contributed by atoms with Crippen LogP contribution in [0, 0.1) is 25.7 Å². The molecule has 0 spiro atoms. The molecule has 1 N–H and O–H groups in total. The molecular formula is C19H31N. The maximum atomic E-state index is 3.58. The van der Waals surface area contributed by atoms with Crippen LogP contribution in [0.3, 0.4) is 0 Å². The first-order valence-corrected chi connectivity index (χ1v) is 8.43. The molecule has 0 radical (unpaired) electrons. The van der Waals surface area contributed by atoms with Crippen LogP contribution in [0.1, 0.15) is 62.1 Å². The highest BCUT2D eigenvalue weighted by atomic mass is 14.8. The lowest BCUT2D eigenvalue weighted by Crippen LogP contribution is -2.32. The first-order valence-electron chi connectivity index (χ1n) is 8.43. The van der Waals surface area contributed by atoms with Gasteiger partial charge in [-0.05, 0) is 68.7 Å². The molecule has 0 aliphatic heterocycles. The minimum absolute atomic E-state index is 0.757. The SMILES string of the molecule is CCNCC1CCC(CC)CC1c1cc(C)ccc1C. The average Bonchev–Trinajstić information content (AvgIpc) is 2.47. The standard InChI is InChI=1S/C19H31N/c1-5-16-9-10-17(13-20-6-2)19(12-16)18-11-14(3)7-8-15(18)4/h7-8,11,16-17,19-20H,5-6,9-10,12-13H2,1-4H3. The van der Waals surface area contributed by atoms with Crippen molar-refractivity contribution in [3.05, 3.63) is 34.9 Å². The Morgan fingerprint density at radius 3 is 2.65 bits per heavy atom. The molecule has 1 aliphatic carbocycles.